The Hall–Kier alpha value is -4.04. The molecular weight excluding hydrogens is 384 g/mol. The largest absolute Gasteiger partial charge is 0.494 e. The monoisotopic (exact) mass is 406 g/mol. The second-order valence-corrected chi connectivity index (χ2v) is 7.91. The van der Waals surface area contributed by atoms with Gasteiger partial charge in [-0.05, 0) is 54.2 Å². The summed E-state index contributed by atoms with van der Waals surface area (Å²) < 4.78 is 1.94. The van der Waals surface area contributed by atoms with Crippen LogP contribution >= 0.6 is 0 Å². The van der Waals surface area contributed by atoms with Crippen LogP contribution in [-0.2, 0) is 0 Å². The average molecular weight is 406 g/mol. The van der Waals surface area contributed by atoms with Gasteiger partial charge in [0.05, 0.1) is 12.2 Å². The Morgan fingerprint density at radius 2 is 1.87 bits per heavy atom. The lowest BCUT2D eigenvalue weighted by Crippen LogP contribution is -2.29. The first-order valence-electron chi connectivity index (χ1n) is 10.3. The summed E-state index contributed by atoms with van der Waals surface area (Å²) in [4.78, 5) is 4.11. The molecule has 1 unspecified atom stereocenters. The van der Waals surface area contributed by atoms with Gasteiger partial charge in [-0.3, -0.25) is 0 Å². The number of hydrogen-bond acceptors (Lipinski definition) is 4. The number of dihydropyridines is 1. The summed E-state index contributed by atoms with van der Waals surface area (Å²) in [5.41, 5.74) is 7.98. The number of nitrogens with zero attached hydrogens (tertiary/aromatic N) is 3. The Morgan fingerprint density at radius 3 is 2.55 bits per heavy atom. The molecule has 0 amide bonds. The summed E-state index contributed by atoms with van der Waals surface area (Å²) in [7, 11) is 0. The minimum atomic E-state index is -0.330. The van der Waals surface area contributed by atoms with Crippen molar-refractivity contribution in [3.05, 3.63) is 113 Å². The van der Waals surface area contributed by atoms with Gasteiger partial charge in [-0.25, -0.2) is 4.98 Å². The molecule has 2 aromatic carbocycles. The maximum absolute atomic E-state index is 10.7. The van der Waals surface area contributed by atoms with Crippen molar-refractivity contribution < 1.29 is 5.11 Å². The maximum atomic E-state index is 10.7. The number of aliphatic hydroxyl groups is 1. The fourth-order valence-electron chi connectivity index (χ4n) is 4.60. The van der Waals surface area contributed by atoms with Crippen LogP contribution < -0.4 is 5.32 Å². The molecule has 2 N–H and O–H groups in total. The third-order valence-corrected chi connectivity index (χ3v) is 6.08. The highest BCUT2D eigenvalue weighted by molar-refractivity contribution is 5.86. The lowest BCUT2D eigenvalue weighted by atomic mass is 9.72. The van der Waals surface area contributed by atoms with Crippen LogP contribution in [0.5, 0.6) is 0 Å². The lowest BCUT2D eigenvalue weighted by Gasteiger charge is -2.35. The molecule has 0 radical (unpaired) electrons. The SMILES string of the molecule is CC1=C(c2ccccc2)C2=C(CC1)NC(O)=C(C#N)C2c1ccc(-n2ccnc2)cc1. The third-order valence-electron chi connectivity index (χ3n) is 6.08. The molecule has 1 atom stereocenters. The van der Waals surface area contributed by atoms with Crippen LogP contribution in [0.4, 0.5) is 0 Å². The summed E-state index contributed by atoms with van der Waals surface area (Å²) in [6, 6.07) is 20.7. The van der Waals surface area contributed by atoms with Crippen LogP contribution in [0.25, 0.3) is 11.3 Å². The van der Waals surface area contributed by atoms with Crippen molar-refractivity contribution in [3.63, 3.8) is 0 Å². The molecule has 5 rings (SSSR count). The van der Waals surface area contributed by atoms with E-state index in [0.717, 1.165) is 40.9 Å². The zero-order chi connectivity index (χ0) is 21.4. The zero-order valence-corrected chi connectivity index (χ0v) is 17.2. The van der Waals surface area contributed by atoms with Gasteiger partial charge in [-0.1, -0.05) is 48.0 Å². The van der Waals surface area contributed by atoms with Crippen molar-refractivity contribution in [3.8, 4) is 11.8 Å². The van der Waals surface area contributed by atoms with E-state index in [0.29, 0.717) is 5.57 Å². The van der Waals surface area contributed by atoms with Crippen molar-refractivity contribution in [2.75, 3.05) is 0 Å². The molecule has 5 nitrogen and oxygen atoms in total. The number of imidazole rings is 1. The second-order valence-electron chi connectivity index (χ2n) is 7.91. The predicted octanol–water partition coefficient (Wildman–Crippen LogP) is 5.37. The third kappa shape index (κ3) is 3.23. The summed E-state index contributed by atoms with van der Waals surface area (Å²) in [5, 5.41) is 23.7. The minimum Gasteiger partial charge on any atom is -0.494 e. The Morgan fingerprint density at radius 1 is 1.10 bits per heavy atom. The van der Waals surface area contributed by atoms with Gasteiger partial charge in [0, 0.05) is 23.8 Å². The molecule has 2 aliphatic rings. The van der Waals surface area contributed by atoms with Crippen molar-refractivity contribution >= 4 is 5.57 Å². The van der Waals surface area contributed by atoms with E-state index in [1.165, 1.54) is 11.1 Å². The predicted molar refractivity (Wildman–Crippen MR) is 120 cm³/mol. The Bertz CT molecular complexity index is 1260. The molecule has 31 heavy (non-hydrogen) atoms. The molecule has 0 saturated carbocycles. The second kappa shape index (κ2) is 7.66. The van der Waals surface area contributed by atoms with Gasteiger partial charge in [-0.15, -0.1) is 0 Å². The molecule has 2 heterocycles. The normalized spacial score (nSPS) is 18.5. The van der Waals surface area contributed by atoms with E-state index in [2.05, 4.69) is 35.4 Å². The van der Waals surface area contributed by atoms with E-state index in [1.54, 1.807) is 12.5 Å². The number of aromatic nitrogens is 2. The Labute approximate surface area is 181 Å². The Balaban J connectivity index is 1.66. The number of hydrogen-bond donors (Lipinski definition) is 2. The van der Waals surface area contributed by atoms with Crippen molar-refractivity contribution in [1.82, 2.24) is 14.9 Å². The summed E-state index contributed by atoms with van der Waals surface area (Å²) in [5.74, 6) is -0.375. The molecule has 0 saturated heterocycles. The van der Waals surface area contributed by atoms with E-state index >= 15 is 0 Å². The van der Waals surface area contributed by atoms with Gasteiger partial charge in [0.2, 0.25) is 5.88 Å². The molecular formula is C26H22N4O. The topological polar surface area (TPSA) is 73.9 Å². The zero-order valence-electron chi connectivity index (χ0n) is 17.2. The molecule has 0 fully saturated rings. The maximum Gasteiger partial charge on any atom is 0.203 e. The number of allylic oxidation sites excluding steroid dienone is 5. The van der Waals surface area contributed by atoms with Crippen LogP contribution in [-0.4, -0.2) is 14.7 Å². The van der Waals surface area contributed by atoms with Crippen LogP contribution in [0.1, 0.15) is 36.8 Å². The quantitative estimate of drug-likeness (QED) is 0.613. The van der Waals surface area contributed by atoms with E-state index in [9.17, 15) is 10.4 Å². The molecule has 3 aromatic rings. The molecule has 152 valence electrons. The molecule has 1 aliphatic heterocycles. The van der Waals surface area contributed by atoms with Crippen LogP contribution in [0.3, 0.4) is 0 Å². The highest BCUT2D eigenvalue weighted by Gasteiger charge is 2.36. The van der Waals surface area contributed by atoms with Gasteiger partial charge in [0.25, 0.3) is 0 Å². The number of benzene rings is 2. The fourth-order valence-corrected chi connectivity index (χ4v) is 4.60. The van der Waals surface area contributed by atoms with Crippen LogP contribution in [0.2, 0.25) is 0 Å². The number of nitrogens with one attached hydrogen (secondary N) is 1. The number of rotatable bonds is 3. The summed E-state index contributed by atoms with van der Waals surface area (Å²) in [6.45, 7) is 2.16. The van der Waals surface area contributed by atoms with E-state index in [4.69, 9.17) is 0 Å². The van der Waals surface area contributed by atoms with Crippen LogP contribution in [0.15, 0.2) is 102 Å². The Kier molecular flexibility index (Phi) is 4.68. The van der Waals surface area contributed by atoms with E-state index < -0.39 is 0 Å². The van der Waals surface area contributed by atoms with Gasteiger partial charge < -0.3 is 15.0 Å². The average Bonchev–Trinajstić information content (AvgIpc) is 3.34. The highest BCUT2D eigenvalue weighted by atomic mass is 16.3. The molecule has 1 aliphatic carbocycles. The molecule has 1 aromatic heterocycles. The van der Waals surface area contributed by atoms with Gasteiger partial charge in [0.15, 0.2) is 0 Å². The van der Waals surface area contributed by atoms with Gasteiger partial charge in [-0.2, -0.15) is 5.26 Å². The van der Waals surface area contributed by atoms with Gasteiger partial charge in [0.1, 0.15) is 11.6 Å². The highest BCUT2D eigenvalue weighted by Crippen LogP contribution is 2.48. The molecule has 0 spiro atoms. The molecule has 5 heteroatoms. The van der Waals surface area contributed by atoms with Crippen molar-refractivity contribution in [1.29, 1.82) is 5.26 Å². The van der Waals surface area contributed by atoms with Crippen molar-refractivity contribution in [2.24, 2.45) is 0 Å². The van der Waals surface area contributed by atoms with Crippen LogP contribution in [0, 0.1) is 11.3 Å². The first-order chi connectivity index (χ1) is 15.2. The first kappa shape index (κ1) is 19.0. The lowest BCUT2D eigenvalue weighted by molar-refractivity contribution is 0.361. The minimum absolute atomic E-state index is 0.0445. The summed E-state index contributed by atoms with van der Waals surface area (Å²) in [6.07, 6.45) is 7.12. The van der Waals surface area contributed by atoms with E-state index in [1.807, 2.05) is 53.2 Å². The number of aliphatic hydroxyl groups excluding tert-OH is 1. The standard InChI is InChI=1S/C26H22N4O/c1-17-7-12-22-25(23(17)18-5-3-2-4-6-18)24(21(15-27)26(31)29-22)19-8-10-20(11-9-19)30-14-13-28-16-30/h2-6,8-11,13-14,16,24,29,31H,7,12H2,1H3. The van der Waals surface area contributed by atoms with Gasteiger partial charge >= 0.3 is 0 Å². The number of nitriles is 1. The van der Waals surface area contributed by atoms with Crippen molar-refractivity contribution in [2.45, 2.75) is 25.7 Å². The summed E-state index contributed by atoms with van der Waals surface area (Å²) >= 11 is 0. The smallest absolute Gasteiger partial charge is 0.203 e. The first-order valence-corrected chi connectivity index (χ1v) is 10.3. The fraction of sp³-hybridized carbons (Fsp3) is 0.154. The molecule has 0 bridgehead atoms. The van der Waals surface area contributed by atoms with E-state index in [-0.39, 0.29) is 11.8 Å².